The number of benzene rings is 3. The van der Waals surface area contributed by atoms with Gasteiger partial charge < -0.3 is 13.9 Å². The Hall–Kier alpha value is -3.32. The smallest absolute Gasteiger partial charge is 0.282 e. The zero-order valence-corrected chi connectivity index (χ0v) is 28.3. The van der Waals surface area contributed by atoms with E-state index in [-0.39, 0.29) is 0 Å². The molecule has 6 heteroatoms. The molecule has 43 heavy (non-hydrogen) atoms. The van der Waals surface area contributed by atoms with Crippen molar-refractivity contribution in [2.45, 2.75) is 24.7 Å². The van der Waals surface area contributed by atoms with Crippen LogP contribution in [0, 0.1) is 6.92 Å². The predicted molar refractivity (Wildman–Crippen MR) is 186 cm³/mol. The van der Waals surface area contributed by atoms with Crippen LogP contribution in [0.1, 0.15) is 24.0 Å². The maximum atomic E-state index is 2.65. The van der Waals surface area contributed by atoms with E-state index < -0.39 is 0 Å². The molecule has 0 radical (unpaired) electrons. The van der Waals surface area contributed by atoms with Crippen molar-refractivity contribution in [3.8, 4) is 5.69 Å². The molecule has 226 valence electrons. The van der Waals surface area contributed by atoms with Crippen LogP contribution in [0.5, 0.6) is 0 Å². The van der Waals surface area contributed by atoms with E-state index in [1.54, 1.807) is 0 Å². The predicted octanol–water partition coefficient (Wildman–Crippen LogP) is 6.96. The lowest BCUT2D eigenvalue weighted by Gasteiger charge is -2.27. The fraction of sp³-hybridized carbons (Fsp3) is 0.378. The van der Waals surface area contributed by atoms with Gasteiger partial charge in [0.1, 0.15) is 11.2 Å². The molecule has 0 saturated heterocycles. The van der Waals surface area contributed by atoms with Gasteiger partial charge in [-0.25, -0.2) is 0 Å². The van der Waals surface area contributed by atoms with Crippen molar-refractivity contribution < 1.29 is 13.5 Å². The topological polar surface area (TPSA) is 10.4 Å². The molecule has 1 aromatic heterocycles. The van der Waals surface area contributed by atoms with Crippen molar-refractivity contribution in [1.82, 2.24) is 0 Å². The number of nitrogens with zero attached hydrogens (tertiary/aromatic N) is 5. The highest BCUT2D eigenvalue weighted by Gasteiger charge is 2.28. The second-order valence-electron chi connectivity index (χ2n) is 14.0. The Kier molecular flexibility index (Phi) is 9.21. The first-order chi connectivity index (χ1) is 20.4. The second-order valence-corrected chi connectivity index (χ2v) is 15.0. The average Bonchev–Trinajstić information content (AvgIpc) is 3.25. The zero-order chi connectivity index (χ0) is 30.8. The number of fused-ring (bicyclic) bond motifs is 2. The van der Waals surface area contributed by atoms with E-state index in [1.807, 2.05) is 11.8 Å². The molecule has 4 aromatic rings. The molecule has 0 amide bonds. The highest BCUT2D eigenvalue weighted by Crippen LogP contribution is 2.46. The third kappa shape index (κ3) is 7.61. The summed E-state index contributed by atoms with van der Waals surface area (Å²) in [4.78, 5) is 6.32. The molecule has 1 aliphatic rings. The largest absolute Gasteiger partial charge is 0.338 e. The molecule has 0 aliphatic carbocycles. The number of aryl methyl sites for hydroxylation is 1. The summed E-state index contributed by atoms with van der Waals surface area (Å²) in [5.74, 6) is 1.26. The van der Waals surface area contributed by atoms with Gasteiger partial charge in [-0.1, -0.05) is 54.2 Å². The van der Waals surface area contributed by atoms with Crippen LogP contribution < -0.4 is 14.4 Å². The highest BCUT2D eigenvalue weighted by atomic mass is 32.2. The number of thioether (sulfide) groups is 1. The number of aromatic nitrogens is 1. The van der Waals surface area contributed by atoms with E-state index in [9.17, 15) is 0 Å². The number of anilines is 2. The molecule has 3 aromatic carbocycles. The number of para-hydroxylation sites is 2. The molecule has 0 fully saturated rings. The van der Waals surface area contributed by atoms with Gasteiger partial charge in [0.15, 0.2) is 0 Å². The van der Waals surface area contributed by atoms with Gasteiger partial charge in [-0.15, -0.1) is 0 Å². The summed E-state index contributed by atoms with van der Waals surface area (Å²) in [6.07, 6.45) is 4.68. The first-order valence-electron chi connectivity index (χ1n) is 15.5. The maximum absolute atomic E-state index is 2.65. The summed E-state index contributed by atoms with van der Waals surface area (Å²) in [6.45, 7) is 6.49. The van der Waals surface area contributed by atoms with Crippen molar-refractivity contribution in [2.24, 2.45) is 0 Å². The molecule has 0 atom stereocenters. The molecule has 5 nitrogen and oxygen atoms in total. The van der Waals surface area contributed by atoms with E-state index in [4.69, 9.17) is 0 Å². The normalized spacial score (nSPS) is 14.5. The van der Waals surface area contributed by atoms with E-state index in [0.29, 0.717) is 0 Å². The molecule has 0 bridgehead atoms. The summed E-state index contributed by atoms with van der Waals surface area (Å²) >= 11 is 1.87. The van der Waals surface area contributed by atoms with Crippen LogP contribution in [0.4, 0.5) is 11.5 Å². The van der Waals surface area contributed by atoms with E-state index in [2.05, 4.69) is 156 Å². The van der Waals surface area contributed by atoms with Crippen molar-refractivity contribution in [3.05, 3.63) is 95.0 Å². The van der Waals surface area contributed by atoms with Gasteiger partial charge in [0.2, 0.25) is 0 Å². The summed E-state index contributed by atoms with van der Waals surface area (Å²) in [5.41, 5.74) is 6.28. The van der Waals surface area contributed by atoms with Crippen molar-refractivity contribution in [1.29, 1.82) is 0 Å². The minimum atomic E-state index is 0.976. The number of quaternary nitrogens is 2. The molecule has 1 aliphatic heterocycles. The molecular weight excluding hydrogens is 547 g/mol. The lowest BCUT2D eigenvalue weighted by Crippen LogP contribution is -2.45. The summed E-state index contributed by atoms with van der Waals surface area (Å²) in [7, 11) is 16.0. The van der Waals surface area contributed by atoms with Gasteiger partial charge in [0.05, 0.1) is 79.2 Å². The van der Waals surface area contributed by atoms with E-state index in [1.165, 1.54) is 49.1 Å². The molecule has 5 rings (SSSR count). The number of hydrogen-bond donors (Lipinski definition) is 0. The second kappa shape index (κ2) is 12.7. The SMILES string of the molecule is Cc1ccc2c(c1)N(C)C(=Cc1cc(N(CCC[N+](C)(C)C)CCC[N+](C)(C)C)[n+](-c3ccccc3)c3ccccc13)S2. The van der Waals surface area contributed by atoms with Gasteiger partial charge in [0.25, 0.3) is 5.82 Å². The monoisotopic (exact) mass is 596 g/mol. The zero-order valence-electron chi connectivity index (χ0n) is 27.5. The Morgan fingerprint density at radius 1 is 0.791 bits per heavy atom. The fourth-order valence-electron chi connectivity index (χ4n) is 5.87. The third-order valence-corrected chi connectivity index (χ3v) is 9.29. The molecule has 0 N–H and O–H groups in total. The molecular formula is C37H50N5S+3. The van der Waals surface area contributed by atoms with Crippen LogP contribution in [0.25, 0.3) is 22.7 Å². The summed E-state index contributed by atoms with van der Waals surface area (Å²) in [6, 6.07) is 29.0. The van der Waals surface area contributed by atoms with Crippen LogP contribution in [0.2, 0.25) is 0 Å². The van der Waals surface area contributed by atoms with Crippen LogP contribution in [0.3, 0.4) is 0 Å². The number of pyridine rings is 1. The van der Waals surface area contributed by atoms with Gasteiger partial charge in [-0.3, -0.25) is 4.90 Å². The van der Waals surface area contributed by atoms with Crippen LogP contribution in [-0.2, 0) is 0 Å². The van der Waals surface area contributed by atoms with Crippen LogP contribution in [-0.4, -0.2) is 84.5 Å². The van der Waals surface area contributed by atoms with Gasteiger partial charge >= 0.3 is 0 Å². The molecule has 0 spiro atoms. The van der Waals surface area contributed by atoms with Gasteiger partial charge in [0, 0.05) is 36.2 Å². The number of rotatable bonds is 11. The quantitative estimate of drug-likeness (QED) is 0.137. The van der Waals surface area contributed by atoms with Crippen molar-refractivity contribution in [3.63, 3.8) is 0 Å². The lowest BCUT2D eigenvalue weighted by molar-refractivity contribution is -0.870. The third-order valence-electron chi connectivity index (χ3n) is 8.12. The summed E-state index contributed by atoms with van der Waals surface area (Å²) in [5, 5.41) is 2.53. The Bertz CT molecular complexity index is 1580. The fourth-order valence-corrected chi connectivity index (χ4v) is 6.95. The Morgan fingerprint density at radius 3 is 2.07 bits per heavy atom. The highest BCUT2D eigenvalue weighted by molar-refractivity contribution is 8.03. The van der Waals surface area contributed by atoms with Gasteiger partial charge in [-0.2, -0.15) is 4.57 Å². The van der Waals surface area contributed by atoms with Gasteiger partial charge in [-0.05, 0) is 54.5 Å². The minimum absolute atomic E-state index is 0.976. The van der Waals surface area contributed by atoms with E-state index in [0.717, 1.165) is 48.0 Å². The van der Waals surface area contributed by atoms with Crippen molar-refractivity contribution >= 4 is 40.2 Å². The molecule has 0 saturated carbocycles. The van der Waals surface area contributed by atoms with Crippen LogP contribution >= 0.6 is 11.8 Å². The minimum Gasteiger partial charge on any atom is -0.338 e. The lowest BCUT2D eigenvalue weighted by atomic mass is 10.1. The number of hydrogen-bond acceptors (Lipinski definition) is 3. The molecule has 0 unspecified atom stereocenters. The Morgan fingerprint density at radius 2 is 1.42 bits per heavy atom. The average molecular weight is 597 g/mol. The molecule has 2 heterocycles. The Labute approximate surface area is 263 Å². The van der Waals surface area contributed by atoms with Crippen LogP contribution in [0.15, 0.2) is 88.8 Å². The first-order valence-corrected chi connectivity index (χ1v) is 16.3. The van der Waals surface area contributed by atoms with Crippen molar-refractivity contribution in [2.75, 3.05) is 85.3 Å². The standard InChI is InChI=1S/C37H50N5S/c1-29-20-21-35-34(26-29)38(2)37(43-35)28-30-27-36(39(22-14-24-41(3,4)5)23-15-25-42(6,7)8)40(31-16-10-9-11-17-31)33-19-13-12-18-32(30)33/h9-13,16-21,26-28H,14-15,22-25H2,1-8H3/q+3. The first kappa shape index (κ1) is 31.1. The maximum Gasteiger partial charge on any atom is 0.282 e. The van der Waals surface area contributed by atoms with E-state index >= 15 is 0 Å². The summed E-state index contributed by atoms with van der Waals surface area (Å²) < 4.78 is 4.44. The Balaban J connectivity index is 1.66.